The van der Waals surface area contributed by atoms with Gasteiger partial charge in [-0.1, -0.05) is 23.7 Å². The van der Waals surface area contributed by atoms with Gasteiger partial charge in [-0.15, -0.1) is 4.83 Å². The average Bonchev–Trinajstić information content (AvgIpc) is 2.59. The molecule has 0 saturated carbocycles. The summed E-state index contributed by atoms with van der Waals surface area (Å²) in [6.07, 6.45) is 0. The van der Waals surface area contributed by atoms with Gasteiger partial charge in [-0.25, -0.2) is 8.42 Å². The molecular weight excluding hydrogens is 368 g/mol. The Morgan fingerprint density at radius 3 is 2.48 bits per heavy atom. The molecule has 0 saturated heterocycles. The van der Waals surface area contributed by atoms with E-state index in [2.05, 4.69) is 5.43 Å². The van der Waals surface area contributed by atoms with E-state index in [0.717, 1.165) is 0 Å². The number of methoxy groups -OCH3 is 1. The maximum Gasteiger partial charge on any atom is 0.270 e. The molecule has 2 N–H and O–H groups in total. The van der Waals surface area contributed by atoms with Crippen LogP contribution in [0.1, 0.15) is 27.6 Å². The summed E-state index contributed by atoms with van der Waals surface area (Å²) in [6, 6.07) is 9.83. The number of hydrogen-bond acceptors (Lipinski definition) is 5. The average molecular weight is 383 g/mol. The lowest BCUT2D eigenvalue weighted by Crippen LogP contribution is -2.41. The molecule has 0 radical (unpaired) electrons. The molecule has 0 aliphatic carbocycles. The Hall–Kier alpha value is -2.42. The van der Waals surface area contributed by atoms with Gasteiger partial charge in [0.25, 0.3) is 15.9 Å². The number of ketones is 1. The number of carbonyl (C=O) groups is 2. The topological polar surface area (TPSA) is 102 Å². The largest absolute Gasteiger partial charge is 0.496 e. The smallest absolute Gasteiger partial charge is 0.270 e. The van der Waals surface area contributed by atoms with Crippen molar-refractivity contribution in [2.45, 2.75) is 11.8 Å². The van der Waals surface area contributed by atoms with E-state index in [1.54, 1.807) is 0 Å². The Balaban J connectivity index is 2.20. The van der Waals surface area contributed by atoms with Crippen LogP contribution in [0.4, 0.5) is 0 Å². The van der Waals surface area contributed by atoms with Gasteiger partial charge < -0.3 is 4.74 Å². The van der Waals surface area contributed by atoms with E-state index in [9.17, 15) is 18.0 Å². The molecule has 0 aliphatic rings. The molecule has 0 heterocycles. The van der Waals surface area contributed by atoms with E-state index in [1.165, 1.54) is 56.5 Å². The van der Waals surface area contributed by atoms with Crippen LogP contribution in [0, 0.1) is 0 Å². The fourth-order valence-electron chi connectivity index (χ4n) is 1.98. The molecule has 132 valence electrons. The summed E-state index contributed by atoms with van der Waals surface area (Å²) in [5.41, 5.74) is 2.39. The minimum atomic E-state index is -4.06. The van der Waals surface area contributed by atoms with E-state index in [4.69, 9.17) is 16.3 Å². The standard InChI is InChI=1S/C16H15ClN2O5S/c1-10(20)11-4-3-5-13(8-11)25(22,23)19-18-16(21)14-9-12(17)6-7-15(14)24-2/h3-9,19H,1-2H3,(H,18,21). The number of hydrogen-bond donors (Lipinski definition) is 2. The Morgan fingerprint density at radius 1 is 1.12 bits per heavy atom. The van der Waals surface area contributed by atoms with Gasteiger partial charge in [0.1, 0.15) is 5.75 Å². The number of halogens is 1. The second-order valence-electron chi connectivity index (χ2n) is 4.99. The summed E-state index contributed by atoms with van der Waals surface area (Å²) in [5, 5.41) is 0.294. The predicted molar refractivity (Wildman–Crippen MR) is 92.2 cm³/mol. The zero-order chi connectivity index (χ0) is 18.6. The third kappa shape index (κ3) is 4.56. The maximum absolute atomic E-state index is 12.3. The number of nitrogens with one attached hydrogen (secondary N) is 2. The molecule has 0 unspecified atom stereocenters. The number of benzene rings is 2. The van der Waals surface area contributed by atoms with Gasteiger partial charge >= 0.3 is 0 Å². The number of sulfonamides is 1. The highest BCUT2D eigenvalue weighted by Gasteiger charge is 2.19. The van der Waals surface area contributed by atoms with Crippen molar-refractivity contribution in [3.05, 3.63) is 58.6 Å². The molecule has 2 rings (SSSR count). The Bertz CT molecular complexity index is 928. The molecule has 9 heteroatoms. The van der Waals surface area contributed by atoms with Crippen molar-refractivity contribution in [2.75, 3.05) is 7.11 Å². The molecule has 1 amide bonds. The number of rotatable bonds is 6. The van der Waals surface area contributed by atoms with E-state index < -0.39 is 15.9 Å². The van der Waals surface area contributed by atoms with E-state index in [1.807, 2.05) is 4.83 Å². The van der Waals surface area contributed by atoms with Gasteiger partial charge in [-0.3, -0.25) is 15.0 Å². The number of Topliss-reactive ketones (excluding diaryl/α,β-unsaturated/α-hetero) is 1. The first-order valence-corrected chi connectivity index (χ1v) is 8.87. The maximum atomic E-state index is 12.3. The van der Waals surface area contributed by atoms with E-state index in [-0.39, 0.29) is 27.6 Å². The van der Waals surface area contributed by atoms with Crippen LogP contribution >= 0.6 is 11.6 Å². The van der Waals surface area contributed by atoms with Crippen LogP contribution in [0.2, 0.25) is 5.02 Å². The number of hydrazine groups is 1. The van der Waals surface area contributed by atoms with Gasteiger partial charge in [-0.05, 0) is 37.3 Å². The highest BCUT2D eigenvalue weighted by molar-refractivity contribution is 7.89. The second-order valence-corrected chi connectivity index (χ2v) is 7.11. The lowest BCUT2D eigenvalue weighted by atomic mass is 10.2. The number of carbonyl (C=O) groups excluding carboxylic acids is 2. The highest BCUT2D eigenvalue weighted by atomic mass is 35.5. The van der Waals surface area contributed by atoms with Crippen LogP contribution in [0.3, 0.4) is 0 Å². The van der Waals surface area contributed by atoms with Gasteiger partial charge in [0.15, 0.2) is 5.78 Å². The molecule has 7 nitrogen and oxygen atoms in total. The van der Waals surface area contributed by atoms with Crippen molar-refractivity contribution >= 4 is 33.3 Å². The van der Waals surface area contributed by atoms with Crippen LogP contribution in [0.25, 0.3) is 0 Å². The highest BCUT2D eigenvalue weighted by Crippen LogP contribution is 2.22. The van der Waals surface area contributed by atoms with Crippen molar-refractivity contribution in [3.63, 3.8) is 0 Å². The summed E-state index contributed by atoms with van der Waals surface area (Å²) in [7, 11) is -2.68. The third-order valence-corrected chi connectivity index (χ3v) is 4.74. The Morgan fingerprint density at radius 2 is 1.84 bits per heavy atom. The van der Waals surface area contributed by atoms with E-state index in [0.29, 0.717) is 5.02 Å². The van der Waals surface area contributed by atoms with Gasteiger partial charge in [0.2, 0.25) is 0 Å². The number of amides is 1. The zero-order valence-electron chi connectivity index (χ0n) is 13.4. The van der Waals surface area contributed by atoms with Crippen molar-refractivity contribution < 1.29 is 22.7 Å². The van der Waals surface area contributed by atoms with Crippen molar-refractivity contribution in [1.82, 2.24) is 10.3 Å². The van der Waals surface area contributed by atoms with Crippen molar-refractivity contribution in [1.29, 1.82) is 0 Å². The van der Waals surface area contributed by atoms with Crippen LogP contribution in [-0.4, -0.2) is 27.2 Å². The number of ether oxygens (including phenoxy) is 1. The third-order valence-electron chi connectivity index (χ3n) is 3.26. The normalized spacial score (nSPS) is 11.0. The van der Waals surface area contributed by atoms with Crippen LogP contribution < -0.4 is 15.0 Å². The molecule has 0 bridgehead atoms. The first kappa shape index (κ1) is 18.9. The lowest BCUT2D eigenvalue weighted by Gasteiger charge is -2.11. The fourth-order valence-corrected chi connectivity index (χ4v) is 3.04. The summed E-state index contributed by atoms with van der Waals surface area (Å²) in [5.74, 6) is -0.782. The minimum absolute atomic E-state index is 0.0650. The van der Waals surface area contributed by atoms with Crippen LogP contribution in [0.5, 0.6) is 5.75 Å². The zero-order valence-corrected chi connectivity index (χ0v) is 14.9. The van der Waals surface area contributed by atoms with Crippen LogP contribution in [-0.2, 0) is 10.0 Å². The van der Waals surface area contributed by atoms with Crippen molar-refractivity contribution in [2.24, 2.45) is 0 Å². The molecule has 2 aromatic rings. The van der Waals surface area contributed by atoms with E-state index >= 15 is 0 Å². The summed E-state index contributed by atoms with van der Waals surface area (Å²) >= 11 is 5.84. The van der Waals surface area contributed by atoms with Crippen LogP contribution in [0.15, 0.2) is 47.4 Å². The fraction of sp³-hybridized carbons (Fsp3) is 0.125. The molecule has 0 spiro atoms. The quantitative estimate of drug-likeness (QED) is 0.589. The summed E-state index contributed by atoms with van der Waals surface area (Å²) < 4.78 is 29.6. The molecule has 25 heavy (non-hydrogen) atoms. The lowest BCUT2D eigenvalue weighted by molar-refractivity contribution is 0.0941. The van der Waals surface area contributed by atoms with Gasteiger partial charge in [0, 0.05) is 10.6 Å². The summed E-state index contributed by atoms with van der Waals surface area (Å²) in [4.78, 5) is 25.4. The molecule has 0 fully saturated rings. The van der Waals surface area contributed by atoms with Gasteiger partial charge in [-0.2, -0.15) is 0 Å². The molecule has 0 aliphatic heterocycles. The first-order valence-electron chi connectivity index (χ1n) is 7.01. The van der Waals surface area contributed by atoms with Crippen molar-refractivity contribution in [3.8, 4) is 5.75 Å². The second kappa shape index (κ2) is 7.64. The monoisotopic (exact) mass is 382 g/mol. The Kier molecular flexibility index (Phi) is 5.78. The molecule has 0 atom stereocenters. The summed E-state index contributed by atoms with van der Waals surface area (Å²) in [6.45, 7) is 1.33. The molecule has 2 aromatic carbocycles. The van der Waals surface area contributed by atoms with Gasteiger partial charge in [0.05, 0.1) is 17.6 Å². The first-order chi connectivity index (χ1) is 11.7. The minimum Gasteiger partial charge on any atom is -0.496 e. The molecule has 0 aromatic heterocycles. The predicted octanol–water partition coefficient (Wildman–Crippen LogP) is 2.17. The molecular formula is C16H15ClN2O5S. The SMILES string of the molecule is COc1ccc(Cl)cc1C(=O)NNS(=O)(=O)c1cccc(C(C)=O)c1. The Labute approximate surface area is 150 Å².